The second kappa shape index (κ2) is 8.65. The Morgan fingerprint density at radius 2 is 1.05 bits per heavy atom. The minimum atomic E-state index is -4.54. The van der Waals surface area contributed by atoms with E-state index in [2.05, 4.69) is 13.2 Å². The number of alkyl halides is 6. The summed E-state index contributed by atoms with van der Waals surface area (Å²) in [6.45, 7) is 6.93. The maximum absolute atomic E-state index is 12.8. The van der Waals surface area contributed by atoms with Gasteiger partial charge in [0.25, 0.3) is 0 Å². The van der Waals surface area contributed by atoms with Crippen molar-refractivity contribution in [3.05, 3.63) is 25.3 Å². The lowest BCUT2D eigenvalue weighted by atomic mass is 10.3. The third kappa shape index (κ3) is 10.6. The molecule has 0 saturated heterocycles. The maximum Gasteiger partial charge on any atom is 0.386 e. The van der Waals surface area contributed by atoms with Gasteiger partial charge in [-0.2, -0.15) is 26.3 Å². The van der Waals surface area contributed by atoms with Crippen molar-refractivity contribution in [1.82, 2.24) is 0 Å². The summed E-state index contributed by atoms with van der Waals surface area (Å²) in [4.78, 5) is 0. The van der Waals surface area contributed by atoms with Crippen molar-refractivity contribution in [2.24, 2.45) is 0 Å². The number of hydrogen-bond donors (Lipinski definition) is 0. The third-order valence-electron chi connectivity index (χ3n) is 3.38. The van der Waals surface area contributed by atoms with Crippen LogP contribution in [-0.4, -0.2) is 20.4 Å². The van der Waals surface area contributed by atoms with E-state index in [1.807, 2.05) is 0 Å². The molecule has 0 nitrogen and oxygen atoms in total. The molecule has 7 heteroatoms. The molecule has 0 spiro atoms. The standard InChI is InChI=1S/C14H22F6Si/c1-3-5-7-9-21(10-8-6-4-2,11-13(15,16)17)12-14(18,19)20/h3-4H,1-2,5-12H2. The van der Waals surface area contributed by atoms with Crippen LogP contribution >= 0.6 is 0 Å². The molecule has 0 aromatic heterocycles. The number of unbranched alkanes of at least 4 members (excludes halogenated alkanes) is 2. The zero-order chi connectivity index (χ0) is 16.6. The normalized spacial score (nSPS) is 13.2. The molecule has 0 unspecified atom stereocenters. The molecule has 0 heterocycles. The van der Waals surface area contributed by atoms with Crippen LogP contribution in [0.5, 0.6) is 0 Å². The summed E-state index contributed by atoms with van der Waals surface area (Å²) in [7, 11) is -3.49. The van der Waals surface area contributed by atoms with Crippen LogP contribution < -0.4 is 0 Å². The van der Waals surface area contributed by atoms with Crippen molar-refractivity contribution in [2.45, 2.75) is 62.2 Å². The van der Waals surface area contributed by atoms with Crippen LogP contribution in [0, 0.1) is 0 Å². The van der Waals surface area contributed by atoms with Gasteiger partial charge in [0, 0.05) is 12.1 Å². The van der Waals surface area contributed by atoms with E-state index in [1.165, 1.54) is 12.2 Å². The highest BCUT2D eigenvalue weighted by molar-refractivity contribution is 6.80. The Hall–Kier alpha value is -0.723. The van der Waals surface area contributed by atoms with Crippen LogP contribution in [0.1, 0.15) is 25.7 Å². The molecule has 0 amide bonds. The summed E-state index contributed by atoms with van der Waals surface area (Å²) in [5, 5.41) is 0. The van der Waals surface area contributed by atoms with Crippen molar-refractivity contribution < 1.29 is 26.3 Å². The lowest BCUT2D eigenvalue weighted by molar-refractivity contribution is -0.119. The van der Waals surface area contributed by atoms with Crippen molar-refractivity contribution in [3.63, 3.8) is 0 Å². The van der Waals surface area contributed by atoms with Crippen LogP contribution in [0.3, 0.4) is 0 Å². The molecule has 0 aliphatic carbocycles. The molecule has 0 aromatic carbocycles. The van der Waals surface area contributed by atoms with Gasteiger partial charge in [0.05, 0.1) is 8.07 Å². The zero-order valence-corrected chi connectivity index (χ0v) is 13.0. The Kier molecular flexibility index (Phi) is 8.36. The third-order valence-corrected chi connectivity index (χ3v) is 8.51. The lowest BCUT2D eigenvalue weighted by Crippen LogP contribution is -2.42. The first-order valence-corrected chi connectivity index (χ1v) is 9.72. The van der Waals surface area contributed by atoms with E-state index in [4.69, 9.17) is 0 Å². The summed E-state index contributed by atoms with van der Waals surface area (Å²) < 4.78 is 76.6. The number of allylic oxidation sites excluding steroid dienone is 2. The fraction of sp³-hybridized carbons (Fsp3) is 0.714. The van der Waals surface area contributed by atoms with E-state index in [0.717, 1.165) is 0 Å². The predicted molar refractivity (Wildman–Crippen MR) is 76.0 cm³/mol. The lowest BCUT2D eigenvalue weighted by Gasteiger charge is -2.33. The van der Waals surface area contributed by atoms with Gasteiger partial charge in [-0.3, -0.25) is 0 Å². The molecule has 0 aromatic rings. The molecule has 0 atom stereocenters. The van der Waals surface area contributed by atoms with Crippen LogP contribution in [0.4, 0.5) is 26.3 Å². The summed E-state index contributed by atoms with van der Waals surface area (Å²) in [5.74, 6) is 0. The van der Waals surface area contributed by atoms with Crippen molar-refractivity contribution in [3.8, 4) is 0 Å². The van der Waals surface area contributed by atoms with Gasteiger partial charge in [0.1, 0.15) is 0 Å². The molecular formula is C14H22F6Si. The minimum Gasteiger partial charge on any atom is -0.172 e. The van der Waals surface area contributed by atoms with Crippen LogP contribution in [0.15, 0.2) is 25.3 Å². The molecular weight excluding hydrogens is 310 g/mol. The summed E-state index contributed by atoms with van der Waals surface area (Å²) in [5.41, 5.74) is 0. The second-order valence-electron chi connectivity index (χ2n) is 5.45. The molecule has 0 N–H and O–H groups in total. The molecule has 0 aliphatic rings. The van der Waals surface area contributed by atoms with Crippen LogP contribution in [0.25, 0.3) is 0 Å². The average Bonchev–Trinajstić information content (AvgIpc) is 2.25. The average molecular weight is 332 g/mol. The minimum absolute atomic E-state index is 0.0369. The number of hydrogen-bond acceptors (Lipinski definition) is 0. The molecule has 21 heavy (non-hydrogen) atoms. The largest absolute Gasteiger partial charge is 0.386 e. The molecule has 0 saturated carbocycles. The summed E-state index contributed by atoms with van der Waals surface area (Å²) >= 11 is 0. The first-order valence-electron chi connectivity index (χ1n) is 6.89. The highest BCUT2D eigenvalue weighted by Gasteiger charge is 2.49. The first-order chi connectivity index (χ1) is 9.54. The van der Waals surface area contributed by atoms with Crippen molar-refractivity contribution in [2.75, 3.05) is 0 Å². The van der Waals surface area contributed by atoms with Gasteiger partial charge in [-0.25, -0.2) is 0 Å². The van der Waals surface area contributed by atoms with E-state index >= 15 is 0 Å². The van der Waals surface area contributed by atoms with Gasteiger partial charge in [0.2, 0.25) is 0 Å². The quantitative estimate of drug-likeness (QED) is 0.186. The Balaban J connectivity index is 5.14. The Morgan fingerprint density at radius 3 is 1.29 bits per heavy atom. The second-order valence-corrected chi connectivity index (χ2v) is 10.2. The van der Waals surface area contributed by atoms with E-state index in [-0.39, 0.29) is 12.1 Å². The highest BCUT2D eigenvalue weighted by Crippen LogP contribution is 2.42. The fourth-order valence-corrected chi connectivity index (χ4v) is 7.33. The summed E-state index contributed by atoms with van der Waals surface area (Å²) in [6, 6.07) is -2.44. The van der Waals surface area contributed by atoms with Crippen molar-refractivity contribution in [1.29, 1.82) is 0 Å². The van der Waals surface area contributed by atoms with E-state index in [9.17, 15) is 26.3 Å². The van der Waals surface area contributed by atoms with Crippen molar-refractivity contribution >= 4 is 8.07 Å². The summed E-state index contributed by atoms with van der Waals surface area (Å²) in [6.07, 6.45) is -4.43. The smallest absolute Gasteiger partial charge is 0.172 e. The van der Waals surface area contributed by atoms with Gasteiger partial charge in [-0.15, -0.1) is 13.2 Å². The zero-order valence-electron chi connectivity index (χ0n) is 12.0. The monoisotopic (exact) mass is 332 g/mol. The predicted octanol–water partition coefficient (Wildman–Crippen LogP) is 6.49. The highest BCUT2D eigenvalue weighted by atomic mass is 28.3. The SMILES string of the molecule is C=CCCC[Si](CCCC=C)(CC(F)(F)F)CC(F)(F)F. The first kappa shape index (κ1) is 20.3. The van der Waals surface area contributed by atoms with Crippen LogP contribution in [0.2, 0.25) is 24.2 Å². The van der Waals surface area contributed by atoms with Gasteiger partial charge in [0.15, 0.2) is 0 Å². The Labute approximate surface area is 122 Å². The molecule has 124 valence electrons. The molecule has 0 fully saturated rings. The molecule has 0 aliphatic heterocycles. The van der Waals surface area contributed by atoms with Gasteiger partial charge < -0.3 is 0 Å². The van der Waals surface area contributed by atoms with Crippen LogP contribution in [-0.2, 0) is 0 Å². The maximum atomic E-state index is 12.8. The Bertz CT molecular complexity index is 286. The molecule has 0 rings (SSSR count). The Morgan fingerprint density at radius 1 is 0.714 bits per heavy atom. The van der Waals surface area contributed by atoms with E-state index < -0.39 is 32.5 Å². The van der Waals surface area contributed by atoms with Gasteiger partial charge in [-0.05, 0) is 12.8 Å². The topological polar surface area (TPSA) is 0 Å². The molecule has 0 bridgehead atoms. The van der Waals surface area contributed by atoms with Gasteiger partial charge >= 0.3 is 12.4 Å². The number of halogens is 6. The van der Waals surface area contributed by atoms with E-state index in [1.54, 1.807) is 0 Å². The number of rotatable bonds is 10. The van der Waals surface area contributed by atoms with E-state index in [0.29, 0.717) is 25.7 Å². The van der Waals surface area contributed by atoms with Gasteiger partial charge in [-0.1, -0.05) is 37.1 Å². The molecule has 0 radical (unpaired) electrons. The fourth-order valence-electron chi connectivity index (χ4n) is 2.63.